The summed E-state index contributed by atoms with van der Waals surface area (Å²) in [5.74, 6) is 3.37. The molecule has 4 aromatic heterocycles. The maximum Gasteiger partial charge on any atom is 3.00 e. The Kier molecular flexibility index (Phi) is 26.2. The van der Waals surface area contributed by atoms with E-state index in [9.17, 15) is 9.90 Å². The average Bonchev–Trinajstić information content (AvgIpc) is 3.79. The van der Waals surface area contributed by atoms with Crippen LogP contribution in [0.5, 0.6) is 0 Å². The van der Waals surface area contributed by atoms with Gasteiger partial charge in [-0.2, -0.15) is 0 Å². The van der Waals surface area contributed by atoms with Crippen LogP contribution in [0.4, 0.5) is 0 Å². The summed E-state index contributed by atoms with van der Waals surface area (Å²) in [6.45, 7) is 18.5. The number of nitrogens with one attached hydrogen (secondary N) is 4. The van der Waals surface area contributed by atoms with Crippen molar-refractivity contribution in [2.75, 3.05) is 0 Å². The Balaban J connectivity index is 0. The maximum absolute atomic E-state index is 9.92. The summed E-state index contributed by atoms with van der Waals surface area (Å²) in [4.78, 5) is 38.7. The molecule has 0 radical (unpaired) electrons. The van der Waals surface area contributed by atoms with Gasteiger partial charge in [0.05, 0.1) is 0 Å². The predicted molar refractivity (Wildman–Crippen MR) is 169 cm³/mol. The van der Waals surface area contributed by atoms with E-state index in [2.05, 4.69) is 74.5 Å². The summed E-state index contributed by atoms with van der Waals surface area (Å²) in [5, 5.41) is 9.92. The number of rotatable bonds is 10. The zero-order valence-corrected chi connectivity index (χ0v) is 30.0. The molecule has 4 N–H and O–H groups in total. The first-order chi connectivity index (χ1) is 20.1. The van der Waals surface area contributed by atoms with Gasteiger partial charge in [0.15, 0.2) is 0 Å². The van der Waals surface area contributed by atoms with Gasteiger partial charge >= 0.3 is 22.4 Å². The number of carbonyl (C=O) groups excluding carboxylic acids is 1. The molecule has 244 valence electrons. The van der Waals surface area contributed by atoms with Gasteiger partial charge in [0.25, 0.3) is 0 Å². The van der Waals surface area contributed by atoms with Crippen LogP contribution in [0.15, 0.2) is 24.8 Å². The SMILES string of the molecule is CCCCCCCC(=O)[O-].CCc1ncc(C)[nH]1.CCc1ncc(C)[nH]1.CCc1ncc(C)[nH]1.CCc1ncc(C)[nH]1.[Au+3]. The predicted octanol–water partition coefficient (Wildman–Crippen LogP) is 6.22. The van der Waals surface area contributed by atoms with E-state index in [4.69, 9.17) is 0 Å². The molecule has 0 unspecified atom stereocenters. The molecular formula is C32H55AuN8O2+2. The summed E-state index contributed by atoms with van der Waals surface area (Å²) in [5.41, 5.74) is 4.56. The van der Waals surface area contributed by atoms with E-state index < -0.39 is 5.97 Å². The van der Waals surface area contributed by atoms with Gasteiger partial charge in [-0.05, 0) is 40.5 Å². The fourth-order valence-electron chi connectivity index (χ4n) is 3.46. The summed E-state index contributed by atoms with van der Waals surface area (Å²) in [6.07, 6.45) is 17.0. The van der Waals surface area contributed by atoms with Gasteiger partial charge in [-0.1, -0.05) is 60.3 Å². The van der Waals surface area contributed by atoms with Crippen LogP contribution >= 0.6 is 0 Å². The first-order valence-corrected chi connectivity index (χ1v) is 15.3. The number of aromatic amines is 4. The molecule has 0 spiro atoms. The van der Waals surface area contributed by atoms with Gasteiger partial charge in [-0.3, -0.25) is 0 Å². The third-order valence-corrected chi connectivity index (χ3v) is 5.85. The number of imidazole rings is 4. The van der Waals surface area contributed by atoms with Crippen molar-refractivity contribution >= 4 is 5.97 Å². The number of aryl methyl sites for hydroxylation is 8. The third-order valence-electron chi connectivity index (χ3n) is 5.85. The Morgan fingerprint density at radius 3 is 1.00 bits per heavy atom. The van der Waals surface area contributed by atoms with Crippen molar-refractivity contribution in [1.29, 1.82) is 0 Å². The van der Waals surface area contributed by atoms with Crippen molar-refractivity contribution in [2.45, 2.75) is 127 Å². The Bertz CT molecular complexity index is 1030. The second-order valence-electron chi connectivity index (χ2n) is 10.0. The number of unbranched alkanes of at least 4 members (excludes halogenated alkanes) is 4. The number of carboxylic acid groups (broad SMARTS) is 1. The monoisotopic (exact) mass is 780 g/mol. The fourth-order valence-corrected chi connectivity index (χ4v) is 3.46. The molecule has 0 aromatic carbocycles. The van der Waals surface area contributed by atoms with Crippen LogP contribution in [0.1, 0.15) is 119 Å². The number of hydrogen-bond acceptors (Lipinski definition) is 6. The number of aliphatic carboxylic acids is 1. The quantitative estimate of drug-likeness (QED) is 0.111. The summed E-state index contributed by atoms with van der Waals surface area (Å²) in [6, 6.07) is 0. The van der Waals surface area contributed by atoms with Crippen molar-refractivity contribution in [2.24, 2.45) is 0 Å². The van der Waals surface area contributed by atoms with Crippen molar-refractivity contribution in [3.05, 3.63) is 70.9 Å². The number of aromatic nitrogens is 8. The van der Waals surface area contributed by atoms with E-state index in [0.29, 0.717) is 0 Å². The van der Waals surface area contributed by atoms with E-state index in [1.807, 2.05) is 52.5 Å². The maximum atomic E-state index is 9.92. The summed E-state index contributed by atoms with van der Waals surface area (Å²) >= 11 is 0. The molecule has 0 aliphatic carbocycles. The smallest absolute Gasteiger partial charge is 0.550 e. The normalized spacial score (nSPS) is 9.51. The second kappa shape index (κ2) is 26.7. The first kappa shape index (κ1) is 42.2. The topological polar surface area (TPSA) is 155 Å². The molecule has 4 rings (SSSR count). The van der Waals surface area contributed by atoms with E-state index in [-0.39, 0.29) is 28.8 Å². The molecule has 43 heavy (non-hydrogen) atoms. The van der Waals surface area contributed by atoms with Crippen molar-refractivity contribution in [3.8, 4) is 0 Å². The van der Waals surface area contributed by atoms with E-state index in [1.54, 1.807) is 0 Å². The van der Waals surface area contributed by atoms with Crippen molar-refractivity contribution in [3.63, 3.8) is 0 Å². The molecule has 10 nitrogen and oxygen atoms in total. The molecule has 0 fully saturated rings. The summed E-state index contributed by atoms with van der Waals surface area (Å²) in [7, 11) is 0. The van der Waals surface area contributed by atoms with Gasteiger partial charge < -0.3 is 29.8 Å². The minimum Gasteiger partial charge on any atom is -0.550 e. The minimum atomic E-state index is -0.920. The minimum absolute atomic E-state index is 0. The number of nitrogens with zero attached hydrogens (tertiary/aromatic N) is 4. The Hall–Kier alpha value is -2.95. The van der Waals surface area contributed by atoms with Gasteiger partial charge in [0, 0.05) is 79.2 Å². The van der Waals surface area contributed by atoms with Gasteiger partial charge in [-0.25, -0.2) is 19.9 Å². The number of carboxylic acids is 1. The zero-order valence-electron chi connectivity index (χ0n) is 27.8. The van der Waals surface area contributed by atoms with Gasteiger partial charge in [0.2, 0.25) is 0 Å². The Morgan fingerprint density at radius 2 is 0.837 bits per heavy atom. The van der Waals surface area contributed by atoms with Crippen molar-refractivity contribution in [1.82, 2.24) is 39.9 Å². The molecule has 0 aliphatic rings. The molecule has 0 bridgehead atoms. The number of H-pyrrole nitrogens is 4. The van der Waals surface area contributed by atoms with E-state index in [1.165, 1.54) is 12.8 Å². The van der Waals surface area contributed by atoms with Crippen molar-refractivity contribution < 1.29 is 32.3 Å². The number of hydrogen-bond donors (Lipinski definition) is 4. The third kappa shape index (κ3) is 23.2. The van der Waals surface area contributed by atoms with Crippen LogP contribution < -0.4 is 5.11 Å². The first-order valence-electron chi connectivity index (χ1n) is 15.3. The van der Waals surface area contributed by atoms with Gasteiger partial charge in [0.1, 0.15) is 23.3 Å². The molecule has 11 heteroatoms. The van der Waals surface area contributed by atoms with Crippen LogP contribution in [0.25, 0.3) is 0 Å². The van der Waals surface area contributed by atoms with E-state index >= 15 is 0 Å². The largest absolute Gasteiger partial charge is 3.00 e. The molecular weight excluding hydrogens is 725 g/mol. The Labute approximate surface area is 274 Å². The van der Waals surface area contributed by atoms with Gasteiger partial charge in [-0.15, -0.1) is 0 Å². The number of carbonyl (C=O) groups is 1. The van der Waals surface area contributed by atoms with E-state index in [0.717, 1.165) is 91.0 Å². The zero-order chi connectivity index (χ0) is 31.8. The molecule has 0 saturated carbocycles. The summed E-state index contributed by atoms with van der Waals surface area (Å²) < 4.78 is 0. The molecule has 0 atom stereocenters. The van der Waals surface area contributed by atoms with Crippen LogP contribution in [-0.4, -0.2) is 45.8 Å². The van der Waals surface area contributed by atoms with Crippen LogP contribution in [0, 0.1) is 27.7 Å². The average molecular weight is 781 g/mol. The molecule has 0 saturated heterocycles. The second-order valence-corrected chi connectivity index (χ2v) is 10.0. The fraction of sp³-hybridized carbons (Fsp3) is 0.594. The molecule has 4 aromatic rings. The molecule has 0 amide bonds. The Morgan fingerprint density at radius 1 is 0.558 bits per heavy atom. The molecule has 4 heterocycles. The molecule has 0 aliphatic heterocycles. The van der Waals surface area contributed by atoms with Crippen LogP contribution in [0.2, 0.25) is 0 Å². The van der Waals surface area contributed by atoms with Crippen LogP contribution in [0.3, 0.4) is 0 Å². The standard InChI is InChI=1S/C8H16O2.4C6H10N2.Au/c1-2-3-4-5-6-7-8(9)10;4*1-3-6-7-4-5(2)8-6;/h2-7H2,1H3,(H,9,10);4*4H,3H2,1-2H3,(H,7,8);/q;;;;;+3/p-1. The van der Waals surface area contributed by atoms with Crippen LogP contribution in [-0.2, 0) is 52.9 Å².